The molecule has 0 aliphatic carbocycles. The molecule has 0 atom stereocenters. The van der Waals surface area contributed by atoms with Crippen LogP contribution in [0.1, 0.15) is 23.7 Å². The van der Waals surface area contributed by atoms with Crippen LogP contribution >= 0.6 is 0 Å². The summed E-state index contributed by atoms with van der Waals surface area (Å²) in [5.41, 5.74) is 6.61. The number of anilines is 1. The maximum Gasteiger partial charge on any atom is 0.341 e. The topological polar surface area (TPSA) is 70.8 Å². The first-order chi connectivity index (χ1) is 8.69. The Bertz CT molecular complexity index is 393. The molecule has 2 N–H and O–H groups in total. The third-order valence-electron chi connectivity index (χ3n) is 2.25. The Morgan fingerprint density at radius 3 is 2.78 bits per heavy atom. The van der Waals surface area contributed by atoms with E-state index in [4.69, 9.17) is 19.9 Å². The van der Waals surface area contributed by atoms with Crippen LogP contribution in [0.2, 0.25) is 0 Å². The molecule has 5 heteroatoms. The van der Waals surface area contributed by atoms with Gasteiger partial charge < -0.3 is 19.9 Å². The molecule has 5 nitrogen and oxygen atoms in total. The molecule has 0 saturated carbocycles. The van der Waals surface area contributed by atoms with Crippen molar-refractivity contribution in [1.82, 2.24) is 0 Å². The molecule has 0 aliphatic heterocycles. The zero-order valence-electron chi connectivity index (χ0n) is 10.8. The molecule has 18 heavy (non-hydrogen) atoms. The fraction of sp³-hybridized carbons (Fsp3) is 0.462. The van der Waals surface area contributed by atoms with Gasteiger partial charge in [0.15, 0.2) is 0 Å². The second-order valence-corrected chi connectivity index (χ2v) is 3.67. The van der Waals surface area contributed by atoms with Crippen LogP contribution in [0.4, 0.5) is 5.69 Å². The van der Waals surface area contributed by atoms with Crippen molar-refractivity contribution in [3.63, 3.8) is 0 Å². The van der Waals surface area contributed by atoms with Crippen LogP contribution in [-0.2, 0) is 9.47 Å². The zero-order valence-corrected chi connectivity index (χ0v) is 10.8. The summed E-state index contributed by atoms with van der Waals surface area (Å²) in [6, 6.07) is 4.88. The van der Waals surface area contributed by atoms with Gasteiger partial charge in [-0.2, -0.15) is 0 Å². The van der Waals surface area contributed by atoms with Crippen molar-refractivity contribution in [3.8, 4) is 5.75 Å². The summed E-state index contributed by atoms with van der Waals surface area (Å²) in [4.78, 5) is 11.7. The Morgan fingerprint density at radius 1 is 1.33 bits per heavy atom. The molecule has 0 bridgehead atoms. The van der Waals surface area contributed by atoms with Crippen LogP contribution in [0.5, 0.6) is 5.75 Å². The maximum atomic E-state index is 11.7. The minimum Gasteiger partial charge on any atom is -0.493 e. The first-order valence-corrected chi connectivity index (χ1v) is 5.87. The molecule has 0 fully saturated rings. The smallest absolute Gasteiger partial charge is 0.341 e. The predicted octanol–water partition coefficient (Wildman–Crippen LogP) is 1.86. The number of methoxy groups -OCH3 is 1. The van der Waals surface area contributed by atoms with Crippen molar-refractivity contribution in [3.05, 3.63) is 23.8 Å². The molecule has 100 valence electrons. The Hall–Kier alpha value is -1.75. The van der Waals surface area contributed by atoms with Gasteiger partial charge in [0.05, 0.1) is 13.2 Å². The SMILES string of the molecule is CCOC(=O)c1ccc(N)cc1OCCCOC. The van der Waals surface area contributed by atoms with E-state index in [0.717, 1.165) is 6.42 Å². The van der Waals surface area contributed by atoms with Gasteiger partial charge in [0.25, 0.3) is 0 Å². The Kier molecular flexibility index (Phi) is 6.00. The monoisotopic (exact) mass is 253 g/mol. The van der Waals surface area contributed by atoms with E-state index in [2.05, 4.69) is 0 Å². The van der Waals surface area contributed by atoms with E-state index in [1.165, 1.54) is 0 Å². The van der Waals surface area contributed by atoms with Crippen LogP contribution in [0.3, 0.4) is 0 Å². The van der Waals surface area contributed by atoms with Gasteiger partial charge in [-0.3, -0.25) is 0 Å². The molecule has 0 saturated heterocycles. The summed E-state index contributed by atoms with van der Waals surface area (Å²) < 4.78 is 15.4. The van der Waals surface area contributed by atoms with Gasteiger partial charge in [-0.15, -0.1) is 0 Å². The quantitative estimate of drug-likeness (QED) is 0.456. The number of ether oxygens (including phenoxy) is 3. The highest BCUT2D eigenvalue weighted by Gasteiger charge is 2.13. The van der Waals surface area contributed by atoms with Crippen LogP contribution in [-0.4, -0.2) is 32.9 Å². The lowest BCUT2D eigenvalue weighted by molar-refractivity contribution is 0.0521. The standard InChI is InChI=1S/C13H19NO4/c1-3-17-13(15)11-6-5-10(14)9-12(11)18-8-4-7-16-2/h5-6,9H,3-4,7-8,14H2,1-2H3. The van der Waals surface area contributed by atoms with Gasteiger partial charge >= 0.3 is 5.97 Å². The minimum absolute atomic E-state index is 0.326. The van der Waals surface area contributed by atoms with Crippen molar-refractivity contribution in [1.29, 1.82) is 0 Å². The molecule has 0 aromatic heterocycles. The average Bonchev–Trinajstić information content (AvgIpc) is 2.35. The first kappa shape index (κ1) is 14.3. The highest BCUT2D eigenvalue weighted by molar-refractivity contribution is 5.93. The average molecular weight is 253 g/mol. The number of hydrogen-bond donors (Lipinski definition) is 1. The molecule has 0 unspecified atom stereocenters. The second kappa shape index (κ2) is 7.55. The van der Waals surface area contributed by atoms with Gasteiger partial charge in [-0.25, -0.2) is 4.79 Å². The summed E-state index contributed by atoms with van der Waals surface area (Å²) in [6.07, 6.45) is 0.744. The lowest BCUT2D eigenvalue weighted by atomic mass is 10.2. The molecular weight excluding hydrogens is 234 g/mol. The van der Waals surface area contributed by atoms with Crippen molar-refractivity contribution in [2.45, 2.75) is 13.3 Å². The van der Waals surface area contributed by atoms with E-state index < -0.39 is 5.97 Å². The predicted molar refractivity (Wildman–Crippen MR) is 68.8 cm³/mol. The molecule has 0 amide bonds. The van der Waals surface area contributed by atoms with Crippen molar-refractivity contribution < 1.29 is 19.0 Å². The lowest BCUT2D eigenvalue weighted by Gasteiger charge is -2.11. The number of hydrogen-bond acceptors (Lipinski definition) is 5. The summed E-state index contributed by atoms with van der Waals surface area (Å²) in [5, 5.41) is 0. The van der Waals surface area contributed by atoms with Gasteiger partial charge in [-0.1, -0.05) is 0 Å². The van der Waals surface area contributed by atoms with Crippen LogP contribution in [0.25, 0.3) is 0 Å². The Balaban J connectivity index is 2.73. The highest BCUT2D eigenvalue weighted by Crippen LogP contribution is 2.23. The third kappa shape index (κ3) is 4.25. The number of carbonyl (C=O) groups excluding carboxylic acids is 1. The van der Waals surface area contributed by atoms with Crippen molar-refractivity contribution >= 4 is 11.7 Å². The summed E-state index contributed by atoms with van der Waals surface area (Å²) in [7, 11) is 1.63. The van der Waals surface area contributed by atoms with Crippen LogP contribution < -0.4 is 10.5 Å². The van der Waals surface area contributed by atoms with Gasteiger partial charge in [0.2, 0.25) is 0 Å². The molecule has 1 rings (SSSR count). The number of rotatable bonds is 7. The van der Waals surface area contributed by atoms with E-state index in [0.29, 0.717) is 36.8 Å². The Morgan fingerprint density at radius 2 is 2.11 bits per heavy atom. The highest BCUT2D eigenvalue weighted by atomic mass is 16.5. The third-order valence-corrected chi connectivity index (χ3v) is 2.25. The Labute approximate surface area is 107 Å². The molecule has 0 radical (unpaired) electrons. The lowest BCUT2D eigenvalue weighted by Crippen LogP contribution is -2.09. The fourth-order valence-electron chi connectivity index (χ4n) is 1.42. The molecular formula is C13H19NO4. The van der Waals surface area contributed by atoms with Gasteiger partial charge in [0, 0.05) is 31.9 Å². The van der Waals surface area contributed by atoms with Crippen molar-refractivity contribution in [2.24, 2.45) is 0 Å². The van der Waals surface area contributed by atoms with E-state index in [1.54, 1.807) is 32.2 Å². The minimum atomic E-state index is -0.403. The summed E-state index contributed by atoms with van der Waals surface area (Å²) in [5.74, 6) is 0.0452. The van der Waals surface area contributed by atoms with E-state index in [1.807, 2.05) is 0 Å². The number of benzene rings is 1. The van der Waals surface area contributed by atoms with Gasteiger partial charge in [0.1, 0.15) is 11.3 Å². The first-order valence-electron chi connectivity index (χ1n) is 5.87. The fourth-order valence-corrected chi connectivity index (χ4v) is 1.42. The zero-order chi connectivity index (χ0) is 13.4. The molecule has 0 aliphatic rings. The van der Waals surface area contributed by atoms with Crippen LogP contribution in [0.15, 0.2) is 18.2 Å². The largest absolute Gasteiger partial charge is 0.493 e. The number of esters is 1. The van der Waals surface area contributed by atoms with E-state index >= 15 is 0 Å². The van der Waals surface area contributed by atoms with Crippen molar-refractivity contribution in [2.75, 3.05) is 32.7 Å². The van der Waals surface area contributed by atoms with E-state index in [-0.39, 0.29) is 0 Å². The number of nitrogens with two attached hydrogens (primary N) is 1. The molecule has 0 spiro atoms. The van der Waals surface area contributed by atoms with Crippen LogP contribution in [0, 0.1) is 0 Å². The summed E-state index contributed by atoms with van der Waals surface area (Å²) >= 11 is 0. The second-order valence-electron chi connectivity index (χ2n) is 3.67. The molecule has 1 aromatic rings. The summed E-state index contributed by atoms with van der Waals surface area (Å²) in [6.45, 7) is 3.15. The molecule has 1 aromatic carbocycles. The van der Waals surface area contributed by atoms with Gasteiger partial charge in [-0.05, 0) is 19.1 Å². The normalized spacial score (nSPS) is 10.1. The number of carbonyl (C=O) groups is 1. The number of nitrogen functional groups attached to an aromatic ring is 1. The maximum absolute atomic E-state index is 11.7. The molecule has 0 heterocycles. The van der Waals surface area contributed by atoms with E-state index in [9.17, 15) is 4.79 Å².